The van der Waals surface area contributed by atoms with Gasteiger partial charge in [0.25, 0.3) is 0 Å². The minimum absolute atomic E-state index is 5.37. The Kier molecular flexibility index (Phi) is 4.27. The molecule has 0 spiro atoms. The van der Waals surface area contributed by atoms with Crippen LogP contribution >= 0.6 is 0 Å². The molecule has 0 aromatic heterocycles. The monoisotopic (exact) mass is 333 g/mol. The van der Waals surface area contributed by atoms with Gasteiger partial charge >= 0.3 is 29.2 Å². The second-order valence-electron chi connectivity index (χ2n) is 2.97. The van der Waals surface area contributed by atoms with Crippen LogP contribution in [0.4, 0.5) is 48.3 Å². The summed E-state index contributed by atoms with van der Waals surface area (Å²) in [4.78, 5) is 0. The van der Waals surface area contributed by atoms with Gasteiger partial charge < -0.3 is 4.55 Å². The van der Waals surface area contributed by atoms with Crippen molar-refractivity contribution in [2.45, 2.75) is 29.2 Å². The molecule has 0 aliphatic carbocycles. The molecule has 0 N–H and O–H groups in total. The molecule has 0 aromatic carbocycles. The first-order valence-electron chi connectivity index (χ1n) is 3.62. The fourth-order valence-electron chi connectivity index (χ4n) is 0.663. The maximum absolute atomic E-state index is 12.4. The smallest absolute Gasteiger partial charge is 0.460 e. The SMILES string of the molecule is O=S([O-])C(F)(F)C(F)(F)C(F)(F)C(F)(F)C(F)(F)F. The van der Waals surface area contributed by atoms with E-state index in [1.54, 1.807) is 0 Å². The highest BCUT2D eigenvalue weighted by Gasteiger charge is 2.87. The third kappa shape index (κ3) is 2.39. The zero-order valence-electron chi connectivity index (χ0n) is 7.88. The molecular formula is C5F11O2S-. The average Bonchev–Trinajstić information content (AvgIpc) is 2.14. The Morgan fingerprint density at radius 1 is 0.632 bits per heavy atom. The maximum atomic E-state index is 12.4. The van der Waals surface area contributed by atoms with Gasteiger partial charge in [-0.1, -0.05) is 0 Å². The van der Waals surface area contributed by atoms with Crippen molar-refractivity contribution >= 4 is 11.1 Å². The maximum Gasteiger partial charge on any atom is 0.460 e. The first-order chi connectivity index (χ1) is 7.94. The molecule has 1 atom stereocenters. The Hall–Kier alpha value is -0.660. The summed E-state index contributed by atoms with van der Waals surface area (Å²) in [5, 5.41) is -6.84. The summed E-state index contributed by atoms with van der Waals surface area (Å²) in [6.45, 7) is 0. The zero-order chi connectivity index (χ0) is 16.1. The van der Waals surface area contributed by atoms with Gasteiger partial charge in [-0.25, -0.2) is 0 Å². The van der Waals surface area contributed by atoms with Crippen molar-refractivity contribution in [2.75, 3.05) is 0 Å². The van der Waals surface area contributed by atoms with Crippen molar-refractivity contribution in [1.29, 1.82) is 0 Å². The van der Waals surface area contributed by atoms with Gasteiger partial charge in [0.2, 0.25) is 0 Å². The van der Waals surface area contributed by atoms with Crippen LogP contribution in [0.2, 0.25) is 0 Å². The van der Waals surface area contributed by atoms with E-state index in [1.807, 2.05) is 0 Å². The largest absolute Gasteiger partial charge is 0.768 e. The van der Waals surface area contributed by atoms with E-state index in [0.29, 0.717) is 0 Å². The second-order valence-corrected chi connectivity index (χ2v) is 3.95. The van der Waals surface area contributed by atoms with E-state index in [-0.39, 0.29) is 0 Å². The highest BCUT2D eigenvalue weighted by atomic mass is 32.2. The van der Waals surface area contributed by atoms with Crippen LogP contribution in [0.3, 0.4) is 0 Å². The summed E-state index contributed by atoms with van der Waals surface area (Å²) in [6, 6.07) is 0. The van der Waals surface area contributed by atoms with E-state index in [1.165, 1.54) is 0 Å². The van der Waals surface area contributed by atoms with Gasteiger partial charge in [0.15, 0.2) is 0 Å². The van der Waals surface area contributed by atoms with Crippen LogP contribution in [0.15, 0.2) is 0 Å². The summed E-state index contributed by atoms with van der Waals surface area (Å²) in [5.74, 6) is -22.8. The van der Waals surface area contributed by atoms with Crippen molar-refractivity contribution in [3.8, 4) is 0 Å². The van der Waals surface area contributed by atoms with Crippen LogP contribution in [0.1, 0.15) is 0 Å². The molecule has 1 unspecified atom stereocenters. The minimum Gasteiger partial charge on any atom is -0.768 e. The number of rotatable bonds is 4. The molecule has 0 aliphatic rings. The highest BCUT2D eigenvalue weighted by Crippen LogP contribution is 2.57. The Morgan fingerprint density at radius 2 is 0.947 bits per heavy atom. The molecule has 0 aromatic rings. The first-order valence-corrected chi connectivity index (χ1v) is 4.69. The van der Waals surface area contributed by atoms with Crippen LogP contribution in [-0.2, 0) is 11.1 Å². The molecular weight excluding hydrogens is 333 g/mol. The van der Waals surface area contributed by atoms with Crippen LogP contribution in [-0.4, -0.2) is 38.0 Å². The molecule has 19 heavy (non-hydrogen) atoms. The minimum atomic E-state index is -7.69. The molecule has 0 heterocycles. The van der Waals surface area contributed by atoms with E-state index in [9.17, 15) is 57.1 Å². The van der Waals surface area contributed by atoms with Gasteiger partial charge in [-0.05, 0) is 0 Å². The van der Waals surface area contributed by atoms with Crippen LogP contribution in [0, 0.1) is 0 Å². The first kappa shape index (κ1) is 18.3. The van der Waals surface area contributed by atoms with Gasteiger partial charge in [-0.15, -0.1) is 0 Å². The lowest BCUT2D eigenvalue weighted by Crippen LogP contribution is -2.67. The molecule has 0 fully saturated rings. The van der Waals surface area contributed by atoms with Gasteiger partial charge in [0.1, 0.15) is 0 Å². The summed E-state index contributed by atoms with van der Waals surface area (Å²) in [7, 11) is 0. The molecule has 0 bridgehead atoms. The number of hydrogen-bond donors (Lipinski definition) is 0. The lowest BCUT2D eigenvalue weighted by atomic mass is 10.0. The number of halogens is 11. The molecule has 14 heteroatoms. The van der Waals surface area contributed by atoms with Gasteiger partial charge in [0, 0.05) is 11.1 Å². The number of alkyl halides is 11. The van der Waals surface area contributed by atoms with Crippen LogP contribution < -0.4 is 0 Å². The van der Waals surface area contributed by atoms with Crippen molar-refractivity contribution in [3.63, 3.8) is 0 Å². The van der Waals surface area contributed by atoms with Crippen LogP contribution in [0.5, 0.6) is 0 Å². The summed E-state index contributed by atoms with van der Waals surface area (Å²) < 4.78 is 152. The standard InChI is InChI=1S/C5HF11O2S/c6-1(7,2(8,9)4(12,13)14)3(10,11)5(15,16)19(17)18/h(H,17,18)/p-1. The van der Waals surface area contributed by atoms with E-state index in [2.05, 4.69) is 0 Å². The second kappa shape index (κ2) is 4.43. The van der Waals surface area contributed by atoms with Crippen molar-refractivity contribution in [2.24, 2.45) is 0 Å². The van der Waals surface area contributed by atoms with E-state index in [0.717, 1.165) is 0 Å². The summed E-state index contributed by atoms with van der Waals surface area (Å²) in [5.41, 5.74) is 0. The predicted molar refractivity (Wildman–Crippen MR) is 34.8 cm³/mol. The average molecular weight is 333 g/mol. The summed E-state index contributed by atoms with van der Waals surface area (Å²) >= 11 is -5.37. The molecule has 0 aliphatic heterocycles. The third-order valence-corrected chi connectivity index (χ3v) is 2.39. The van der Waals surface area contributed by atoms with Gasteiger partial charge in [0.05, 0.1) is 0 Å². The molecule has 0 amide bonds. The lowest BCUT2D eigenvalue weighted by Gasteiger charge is -2.37. The Morgan fingerprint density at radius 3 is 1.16 bits per heavy atom. The van der Waals surface area contributed by atoms with Gasteiger partial charge in [-0.3, -0.25) is 4.21 Å². The van der Waals surface area contributed by atoms with Crippen molar-refractivity contribution < 1.29 is 57.1 Å². The zero-order valence-corrected chi connectivity index (χ0v) is 8.70. The Bertz CT molecular complexity index is 372. The van der Waals surface area contributed by atoms with E-state index >= 15 is 0 Å². The fraction of sp³-hybridized carbons (Fsp3) is 1.00. The van der Waals surface area contributed by atoms with Gasteiger partial charge in [-0.2, -0.15) is 48.3 Å². The molecule has 116 valence electrons. The Labute approximate surface area is 98.4 Å². The lowest BCUT2D eigenvalue weighted by molar-refractivity contribution is -0.413. The Balaban J connectivity index is 5.99. The third-order valence-electron chi connectivity index (χ3n) is 1.72. The summed E-state index contributed by atoms with van der Waals surface area (Å²) in [6.07, 6.45) is -7.31. The van der Waals surface area contributed by atoms with Crippen molar-refractivity contribution in [1.82, 2.24) is 0 Å². The molecule has 2 nitrogen and oxygen atoms in total. The highest BCUT2D eigenvalue weighted by molar-refractivity contribution is 7.80. The molecule has 0 saturated heterocycles. The van der Waals surface area contributed by atoms with E-state index < -0.39 is 40.3 Å². The van der Waals surface area contributed by atoms with E-state index in [4.69, 9.17) is 0 Å². The number of hydrogen-bond acceptors (Lipinski definition) is 2. The molecule has 0 rings (SSSR count). The molecule has 0 saturated carbocycles. The van der Waals surface area contributed by atoms with Crippen molar-refractivity contribution in [3.05, 3.63) is 0 Å². The molecule has 0 radical (unpaired) electrons. The predicted octanol–water partition coefficient (Wildman–Crippen LogP) is 2.93. The fourth-order valence-corrected chi connectivity index (χ4v) is 1.00. The normalized spacial score (nSPS) is 17.5. The topological polar surface area (TPSA) is 40.1 Å². The van der Waals surface area contributed by atoms with Crippen LogP contribution in [0.25, 0.3) is 0 Å². The quantitative estimate of drug-likeness (QED) is 0.586.